The minimum absolute atomic E-state index is 0.261. The maximum Gasteiger partial charge on any atom is 0.0582 e. The molecule has 2 nitrogen and oxygen atoms in total. The van der Waals surface area contributed by atoms with Crippen LogP contribution in [0.25, 0.3) is 0 Å². The zero-order valence-corrected chi connectivity index (χ0v) is 9.63. The molecule has 2 unspecified atom stereocenters. The van der Waals surface area contributed by atoms with Crippen molar-refractivity contribution in [1.82, 2.24) is 5.32 Å². The Morgan fingerprint density at radius 2 is 2.21 bits per heavy atom. The minimum atomic E-state index is 0.261. The van der Waals surface area contributed by atoms with Gasteiger partial charge in [0.05, 0.1) is 6.61 Å². The molecular weight excluding hydrogens is 174 g/mol. The number of unbranched alkanes of at least 4 members (excludes halogenated alkanes) is 1. The van der Waals surface area contributed by atoms with Crippen molar-refractivity contribution < 1.29 is 5.11 Å². The van der Waals surface area contributed by atoms with E-state index < -0.39 is 0 Å². The summed E-state index contributed by atoms with van der Waals surface area (Å²) in [5, 5.41) is 12.5. The SMILES string of the molecule is CCCCC1CCCC1N[C@@H](C)CO. The summed E-state index contributed by atoms with van der Waals surface area (Å²) in [5.74, 6) is 0.865. The van der Waals surface area contributed by atoms with Crippen LogP contribution in [0.2, 0.25) is 0 Å². The monoisotopic (exact) mass is 199 g/mol. The molecule has 0 radical (unpaired) electrons. The minimum Gasteiger partial charge on any atom is -0.395 e. The van der Waals surface area contributed by atoms with E-state index >= 15 is 0 Å². The fourth-order valence-corrected chi connectivity index (χ4v) is 2.49. The van der Waals surface area contributed by atoms with Crippen LogP contribution in [-0.4, -0.2) is 23.8 Å². The fourth-order valence-electron chi connectivity index (χ4n) is 2.49. The first kappa shape index (κ1) is 12.0. The van der Waals surface area contributed by atoms with Crippen LogP contribution in [0.4, 0.5) is 0 Å². The molecule has 84 valence electrons. The lowest BCUT2D eigenvalue weighted by molar-refractivity contribution is 0.227. The fraction of sp³-hybridized carbons (Fsp3) is 1.00. The largest absolute Gasteiger partial charge is 0.395 e. The van der Waals surface area contributed by atoms with Gasteiger partial charge in [0.1, 0.15) is 0 Å². The van der Waals surface area contributed by atoms with E-state index in [-0.39, 0.29) is 12.6 Å². The molecule has 2 heteroatoms. The van der Waals surface area contributed by atoms with Crippen LogP contribution in [0.3, 0.4) is 0 Å². The molecule has 0 spiro atoms. The smallest absolute Gasteiger partial charge is 0.0582 e. The Hall–Kier alpha value is -0.0800. The van der Waals surface area contributed by atoms with E-state index in [0.29, 0.717) is 6.04 Å². The molecule has 0 amide bonds. The zero-order valence-electron chi connectivity index (χ0n) is 9.63. The molecule has 1 fully saturated rings. The highest BCUT2D eigenvalue weighted by Gasteiger charge is 2.27. The Morgan fingerprint density at radius 3 is 2.86 bits per heavy atom. The molecule has 0 heterocycles. The van der Waals surface area contributed by atoms with E-state index in [1.165, 1.54) is 38.5 Å². The van der Waals surface area contributed by atoms with Crippen LogP contribution in [0.5, 0.6) is 0 Å². The summed E-state index contributed by atoms with van der Waals surface area (Å²) in [5.41, 5.74) is 0. The molecule has 0 aromatic heterocycles. The Balaban J connectivity index is 2.27. The highest BCUT2D eigenvalue weighted by atomic mass is 16.3. The molecule has 0 aromatic rings. The third-order valence-electron chi connectivity index (χ3n) is 3.36. The first-order valence-corrected chi connectivity index (χ1v) is 6.14. The Bertz CT molecular complexity index is 149. The molecule has 0 bridgehead atoms. The molecule has 0 aliphatic heterocycles. The lowest BCUT2D eigenvalue weighted by Crippen LogP contribution is -2.40. The Morgan fingerprint density at radius 1 is 1.43 bits per heavy atom. The van der Waals surface area contributed by atoms with E-state index in [1.807, 2.05) is 0 Å². The van der Waals surface area contributed by atoms with E-state index in [0.717, 1.165) is 5.92 Å². The van der Waals surface area contributed by atoms with Crippen molar-refractivity contribution in [3.63, 3.8) is 0 Å². The van der Waals surface area contributed by atoms with E-state index in [1.54, 1.807) is 0 Å². The molecular formula is C12H25NO. The van der Waals surface area contributed by atoms with Crippen LogP contribution in [-0.2, 0) is 0 Å². The lowest BCUT2D eigenvalue weighted by atomic mass is 9.96. The normalized spacial score (nSPS) is 29.4. The molecule has 1 aliphatic rings. The van der Waals surface area contributed by atoms with Crippen LogP contribution >= 0.6 is 0 Å². The predicted octanol–water partition coefficient (Wildman–Crippen LogP) is 2.32. The van der Waals surface area contributed by atoms with Gasteiger partial charge in [-0.05, 0) is 32.1 Å². The number of rotatable bonds is 6. The average Bonchev–Trinajstić information content (AvgIpc) is 2.62. The van der Waals surface area contributed by atoms with Crippen molar-refractivity contribution in [1.29, 1.82) is 0 Å². The van der Waals surface area contributed by atoms with Gasteiger partial charge >= 0.3 is 0 Å². The van der Waals surface area contributed by atoms with Gasteiger partial charge in [0, 0.05) is 12.1 Å². The standard InChI is InChI=1S/C12H25NO/c1-3-4-6-11-7-5-8-12(11)13-10(2)9-14/h10-14H,3-9H2,1-2H3/t10-,11?,12?/m0/s1. The second-order valence-electron chi connectivity index (χ2n) is 4.69. The molecule has 0 aromatic carbocycles. The first-order valence-electron chi connectivity index (χ1n) is 6.14. The summed E-state index contributed by atoms with van der Waals surface area (Å²) in [6.45, 7) is 4.58. The molecule has 1 saturated carbocycles. The van der Waals surface area contributed by atoms with Crippen LogP contribution in [0.15, 0.2) is 0 Å². The molecule has 3 atom stereocenters. The van der Waals surface area contributed by atoms with Crippen LogP contribution in [0.1, 0.15) is 52.4 Å². The summed E-state index contributed by atoms with van der Waals surface area (Å²) in [6, 6.07) is 0.936. The van der Waals surface area contributed by atoms with Gasteiger partial charge < -0.3 is 10.4 Å². The summed E-state index contributed by atoms with van der Waals surface area (Å²) in [4.78, 5) is 0. The summed E-state index contributed by atoms with van der Waals surface area (Å²) >= 11 is 0. The summed E-state index contributed by atoms with van der Waals surface area (Å²) in [7, 11) is 0. The topological polar surface area (TPSA) is 32.3 Å². The van der Waals surface area contributed by atoms with E-state index in [2.05, 4.69) is 19.2 Å². The van der Waals surface area contributed by atoms with Gasteiger partial charge in [-0.1, -0.05) is 26.2 Å². The van der Waals surface area contributed by atoms with Gasteiger partial charge in [-0.3, -0.25) is 0 Å². The second-order valence-corrected chi connectivity index (χ2v) is 4.69. The van der Waals surface area contributed by atoms with Crippen molar-refractivity contribution in [3.8, 4) is 0 Å². The van der Waals surface area contributed by atoms with Crippen molar-refractivity contribution in [2.75, 3.05) is 6.61 Å². The quantitative estimate of drug-likeness (QED) is 0.688. The average molecular weight is 199 g/mol. The summed E-state index contributed by atoms with van der Waals surface area (Å²) in [6.07, 6.45) is 8.08. The van der Waals surface area contributed by atoms with Gasteiger partial charge in [0.15, 0.2) is 0 Å². The third-order valence-corrected chi connectivity index (χ3v) is 3.36. The predicted molar refractivity (Wildman–Crippen MR) is 60.3 cm³/mol. The van der Waals surface area contributed by atoms with E-state index in [4.69, 9.17) is 5.11 Å². The highest BCUT2D eigenvalue weighted by Crippen LogP contribution is 2.30. The number of hydrogen-bond donors (Lipinski definition) is 2. The maximum absolute atomic E-state index is 8.99. The van der Waals surface area contributed by atoms with Gasteiger partial charge in [0.2, 0.25) is 0 Å². The number of nitrogens with one attached hydrogen (secondary N) is 1. The first-order chi connectivity index (χ1) is 6.77. The van der Waals surface area contributed by atoms with Crippen LogP contribution in [0, 0.1) is 5.92 Å². The summed E-state index contributed by atoms with van der Waals surface area (Å²) < 4.78 is 0. The van der Waals surface area contributed by atoms with Crippen molar-refractivity contribution >= 4 is 0 Å². The number of aliphatic hydroxyl groups is 1. The van der Waals surface area contributed by atoms with Gasteiger partial charge in [-0.25, -0.2) is 0 Å². The van der Waals surface area contributed by atoms with Gasteiger partial charge in [-0.2, -0.15) is 0 Å². The molecule has 0 saturated heterocycles. The van der Waals surface area contributed by atoms with Crippen LogP contribution < -0.4 is 5.32 Å². The highest BCUT2D eigenvalue weighted by molar-refractivity contribution is 4.84. The van der Waals surface area contributed by atoms with Gasteiger partial charge in [0.25, 0.3) is 0 Å². The Kier molecular flexibility index (Phi) is 5.49. The zero-order chi connectivity index (χ0) is 10.4. The third kappa shape index (κ3) is 3.58. The molecule has 1 rings (SSSR count). The van der Waals surface area contributed by atoms with Crippen molar-refractivity contribution in [3.05, 3.63) is 0 Å². The lowest BCUT2D eigenvalue weighted by Gasteiger charge is -2.24. The second kappa shape index (κ2) is 6.41. The molecule has 1 aliphatic carbocycles. The van der Waals surface area contributed by atoms with Crippen molar-refractivity contribution in [2.45, 2.75) is 64.5 Å². The Labute approximate surface area is 88.1 Å². The number of aliphatic hydroxyl groups excluding tert-OH is 1. The molecule has 14 heavy (non-hydrogen) atoms. The van der Waals surface area contributed by atoms with E-state index in [9.17, 15) is 0 Å². The molecule has 2 N–H and O–H groups in total. The van der Waals surface area contributed by atoms with Crippen molar-refractivity contribution in [2.24, 2.45) is 5.92 Å². The number of hydrogen-bond acceptors (Lipinski definition) is 2. The van der Waals surface area contributed by atoms with Gasteiger partial charge in [-0.15, -0.1) is 0 Å². The maximum atomic E-state index is 8.99.